The van der Waals surface area contributed by atoms with Crippen LogP contribution in [0.4, 0.5) is 0 Å². The third-order valence-corrected chi connectivity index (χ3v) is 5.57. The molecule has 1 aliphatic heterocycles. The SMILES string of the molecule is CN(C)CCN(Cc1cc2cc3c(cc2[nH]c1=O)OCO3)C(=S)NCc1ccccc1. The average molecular weight is 439 g/mol. The zero-order valence-corrected chi connectivity index (χ0v) is 18.5. The average Bonchev–Trinajstić information content (AvgIpc) is 3.21. The van der Waals surface area contributed by atoms with Crippen molar-refractivity contribution in [1.29, 1.82) is 0 Å². The van der Waals surface area contributed by atoms with Gasteiger partial charge in [-0.05, 0) is 44.0 Å². The first-order chi connectivity index (χ1) is 15.0. The van der Waals surface area contributed by atoms with Gasteiger partial charge in [0.1, 0.15) is 0 Å². The maximum absolute atomic E-state index is 12.8. The van der Waals surface area contributed by atoms with Gasteiger partial charge < -0.3 is 29.6 Å². The van der Waals surface area contributed by atoms with Crippen LogP contribution in [0, 0.1) is 0 Å². The Kier molecular flexibility index (Phi) is 6.39. The summed E-state index contributed by atoms with van der Waals surface area (Å²) in [5.41, 5.74) is 2.39. The molecule has 3 aromatic rings. The van der Waals surface area contributed by atoms with Gasteiger partial charge in [-0.3, -0.25) is 4.79 Å². The number of ether oxygens (including phenoxy) is 2. The summed E-state index contributed by atoms with van der Waals surface area (Å²) in [6, 6.07) is 15.7. The number of benzene rings is 2. The van der Waals surface area contributed by atoms with E-state index in [1.54, 1.807) is 6.07 Å². The molecule has 2 heterocycles. The lowest BCUT2D eigenvalue weighted by Gasteiger charge is -2.27. The van der Waals surface area contributed by atoms with E-state index >= 15 is 0 Å². The molecule has 7 nitrogen and oxygen atoms in total. The van der Waals surface area contributed by atoms with Crippen molar-refractivity contribution in [2.24, 2.45) is 0 Å². The highest BCUT2D eigenvalue weighted by atomic mass is 32.1. The smallest absolute Gasteiger partial charge is 0.253 e. The molecule has 0 amide bonds. The quantitative estimate of drug-likeness (QED) is 0.550. The minimum absolute atomic E-state index is 0.132. The van der Waals surface area contributed by atoms with Crippen molar-refractivity contribution in [3.63, 3.8) is 0 Å². The van der Waals surface area contributed by atoms with E-state index in [-0.39, 0.29) is 12.4 Å². The summed E-state index contributed by atoms with van der Waals surface area (Å²) < 4.78 is 10.9. The predicted molar refractivity (Wildman–Crippen MR) is 126 cm³/mol. The number of aromatic nitrogens is 1. The van der Waals surface area contributed by atoms with Gasteiger partial charge in [-0.25, -0.2) is 0 Å². The summed E-state index contributed by atoms with van der Waals surface area (Å²) >= 11 is 5.68. The summed E-state index contributed by atoms with van der Waals surface area (Å²) in [7, 11) is 4.04. The summed E-state index contributed by atoms with van der Waals surface area (Å²) in [4.78, 5) is 19.9. The zero-order chi connectivity index (χ0) is 21.8. The summed E-state index contributed by atoms with van der Waals surface area (Å²) in [5.74, 6) is 1.34. The highest BCUT2D eigenvalue weighted by Crippen LogP contribution is 2.35. The Morgan fingerprint density at radius 2 is 1.84 bits per heavy atom. The number of hydrogen-bond acceptors (Lipinski definition) is 5. The molecule has 0 saturated carbocycles. The fraction of sp³-hybridized carbons (Fsp3) is 0.304. The number of fused-ring (bicyclic) bond motifs is 2. The molecule has 2 N–H and O–H groups in total. The molecule has 0 unspecified atom stereocenters. The molecule has 0 atom stereocenters. The Hall–Kier alpha value is -3.10. The zero-order valence-electron chi connectivity index (χ0n) is 17.7. The van der Waals surface area contributed by atoms with E-state index in [4.69, 9.17) is 21.7 Å². The minimum Gasteiger partial charge on any atom is -0.454 e. The van der Waals surface area contributed by atoms with Crippen molar-refractivity contribution in [3.8, 4) is 11.5 Å². The lowest BCUT2D eigenvalue weighted by molar-refractivity contribution is 0.174. The van der Waals surface area contributed by atoms with Gasteiger partial charge >= 0.3 is 0 Å². The van der Waals surface area contributed by atoms with Crippen molar-refractivity contribution < 1.29 is 9.47 Å². The van der Waals surface area contributed by atoms with Gasteiger partial charge in [0.15, 0.2) is 16.6 Å². The molecule has 0 aliphatic carbocycles. The monoisotopic (exact) mass is 438 g/mol. The summed E-state index contributed by atoms with van der Waals surface area (Å²) in [6.07, 6.45) is 0. The molecule has 0 bridgehead atoms. The van der Waals surface area contributed by atoms with Crippen LogP contribution in [0.1, 0.15) is 11.1 Å². The van der Waals surface area contributed by atoms with Gasteiger partial charge in [0.25, 0.3) is 5.56 Å². The van der Waals surface area contributed by atoms with Crippen LogP contribution in [0.25, 0.3) is 10.9 Å². The predicted octanol–water partition coefficient (Wildman–Crippen LogP) is 2.70. The third kappa shape index (κ3) is 5.15. The molecule has 8 heteroatoms. The molecule has 1 aromatic heterocycles. The fourth-order valence-corrected chi connectivity index (χ4v) is 3.65. The number of H-pyrrole nitrogens is 1. The number of aromatic amines is 1. The number of nitrogens with one attached hydrogen (secondary N) is 2. The number of likely N-dealkylation sites (N-methyl/N-ethyl adjacent to an activating group) is 1. The second-order valence-corrected chi connectivity index (χ2v) is 8.17. The topological polar surface area (TPSA) is 69.8 Å². The van der Waals surface area contributed by atoms with Crippen LogP contribution < -0.4 is 20.3 Å². The van der Waals surface area contributed by atoms with Crippen molar-refractivity contribution >= 4 is 28.2 Å². The van der Waals surface area contributed by atoms with E-state index < -0.39 is 0 Å². The lowest BCUT2D eigenvalue weighted by atomic mass is 10.1. The first-order valence-electron chi connectivity index (χ1n) is 10.2. The van der Waals surface area contributed by atoms with Crippen LogP contribution in [-0.2, 0) is 13.1 Å². The summed E-state index contributed by atoms with van der Waals surface area (Å²) in [5, 5.41) is 4.84. The normalized spacial score (nSPS) is 12.4. The lowest BCUT2D eigenvalue weighted by Crippen LogP contribution is -2.43. The van der Waals surface area contributed by atoms with Gasteiger partial charge in [0, 0.05) is 36.7 Å². The molecule has 0 fully saturated rings. The van der Waals surface area contributed by atoms with Crippen molar-refractivity contribution in [2.75, 3.05) is 34.0 Å². The molecule has 2 aromatic carbocycles. The van der Waals surface area contributed by atoms with Crippen molar-refractivity contribution in [3.05, 3.63) is 70.0 Å². The summed E-state index contributed by atoms with van der Waals surface area (Å²) in [6.45, 7) is 2.76. The van der Waals surface area contributed by atoms with Gasteiger partial charge in [-0.1, -0.05) is 30.3 Å². The number of thiocarbonyl (C=S) groups is 1. The molecule has 0 spiro atoms. The Morgan fingerprint density at radius 1 is 1.10 bits per heavy atom. The Bertz CT molecular complexity index is 1130. The van der Waals surface area contributed by atoms with E-state index in [0.717, 1.165) is 23.0 Å². The van der Waals surface area contributed by atoms with Crippen LogP contribution in [0.2, 0.25) is 0 Å². The standard InChI is InChI=1S/C23H26N4O3S/c1-26(2)8-9-27(23(31)24-13-16-6-4-3-5-7-16)14-18-10-17-11-20-21(30-15-29-20)12-19(17)25-22(18)28/h3-7,10-12H,8-9,13-15H2,1-2H3,(H,24,31)(H,25,28). The van der Waals surface area contributed by atoms with Crippen molar-refractivity contribution in [2.45, 2.75) is 13.1 Å². The maximum Gasteiger partial charge on any atom is 0.253 e. The first-order valence-corrected chi connectivity index (χ1v) is 10.6. The number of nitrogens with zero attached hydrogens (tertiary/aromatic N) is 2. The molecular formula is C23H26N4O3S. The van der Waals surface area contributed by atoms with Crippen LogP contribution in [0.15, 0.2) is 53.3 Å². The van der Waals surface area contributed by atoms with E-state index in [0.29, 0.717) is 41.8 Å². The first kappa shape index (κ1) is 21.1. The van der Waals surface area contributed by atoms with Gasteiger partial charge in [0.05, 0.1) is 12.1 Å². The van der Waals surface area contributed by atoms with Crippen LogP contribution in [0.3, 0.4) is 0 Å². The molecule has 31 heavy (non-hydrogen) atoms. The molecule has 0 saturated heterocycles. The maximum atomic E-state index is 12.8. The molecule has 1 aliphatic rings. The largest absolute Gasteiger partial charge is 0.454 e. The van der Waals surface area contributed by atoms with Crippen LogP contribution >= 0.6 is 12.2 Å². The highest BCUT2D eigenvalue weighted by Gasteiger charge is 2.17. The second kappa shape index (κ2) is 9.36. The van der Waals surface area contributed by atoms with Crippen LogP contribution in [0.5, 0.6) is 11.5 Å². The molecular weight excluding hydrogens is 412 g/mol. The number of rotatable bonds is 7. The Labute approximate surface area is 186 Å². The number of hydrogen-bond donors (Lipinski definition) is 2. The number of pyridine rings is 1. The minimum atomic E-state index is -0.132. The van der Waals surface area contributed by atoms with E-state index in [1.807, 2.05) is 49.3 Å². The van der Waals surface area contributed by atoms with Gasteiger partial charge in [0.2, 0.25) is 6.79 Å². The van der Waals surface area contributed by atoms with E-state index in [2.05, 4.69) is 27.3 Å². The molecule has 4 rings (SSSR count). The molecule has 0 radical (unpaired) electrons. The highest BCUT2D eigenvalue weighted by molar-refractivity contribution is 7.80. The third-order valence-electron chi connectivity index (χ3n) is 5.17. The van der Waals surface area contributed by atoms with E-state index in [1.165, 1.54) is 0 Å². The second-order valence-electron chi connectivity index (χ2n) is 7.79. The fourth-order valence-electron chi connectivity index (χ4n) is 3.42. The molecule has 162 valence electrons. The van der Waals surface area contributed by atoms with Gasteiger partial charge in [-0.15, -0.1) is 0 Å². The Morgan fingerprint density at radius 3 is 2.58 bits per heavy atom. The van der Waals surface area contributed by atoms with Gasteiger partial charge in [-0.2, -0.15) is 0 Å². The van der Waals surface area contributed by atoms with Crippen molar-refractivity contribution in [1.82, 2.24) is 20.1 Å². The van der Waals surface area contributed by atoms with E-state index in [9.17, 15) is 4.79 Å². The van der Waals surface area contributed by atoms with Crippen LogP contribution in [-0.4, -0.2) is 53.9 Å². The Balaban J connectivity index is 1.54.